The maximum absolute atomic E-state index is 13.9. The molecule has 3 rings (SSSR count). The third-order valence-corrected chi connectivity index (χ3v) is 4.34. The minimum Gasteiger partial charge on any atom is -0.481 e. The van der Waals surface area contributed by atoms with Crippen LogP contribution in [0.2, 0.25) is 0 Å². The first-order valence-corrected chi connectivity index (χ1v) is 8.77. The van der Waals surface area contributed by atoms with E-state index in [4.69, 9.17) is 4.74 Å². The average molecular weight is 402 g/mol. The maximum atomic E-state index is 13.9. The van der Waals surface area contributed by atoms with Crippen molar-refractivity contribution in [1.29, 1.82) is 0 Å². The van der Waals surface area contributed by atoms with Crippen molar-refractivity contribution >= 4 is 38.3 Å². The molecule has 0 saturated heterocycles. The van der Waals surface area contributed by atoms with Gasteiger partial charge in [0, 0.05) is 4.47 Å². The fourth-order valence-electron chi connectivity index (χ4n) is 2.53. The minimum absolute atomic E-state index is 0.133. The Morgan fingerprint density at radius 1 is 1.12 bits per heavy atom. The van der Waals surface area contributed by atoms with Gasteiger partial charge in [0.2, 0.25) is 0 Å². The summed E-state index contributed by atoms with van der Waals surface area (Å²) in [4.78, 5) is 12.4. The Bertz CT molecular complexity index is 913. The van der Waals surface area contributed by atoms with Gasteiger partial charge < -0.3 is 10.1 Å². The molecule has 0 aliphatic heterocycles. The third-order valence-electron chi connectivity index (χ3n) is 3.85. The number of ether oxygens (including phenoxy) is 1. The second-order valence-electron chi connectivity index (χ2n) is 5.64. The second kappa shape index (κ2) is 7.66. The van der Waals surface area contributed by atoms with Crippen molar-refractivity contribution in [3.8, 4) is 5.75 Å². The van der Waals surface area contributed by atoms with Crippen LogP contribution in [0, 0.1) is 5.82 Å². The molecular weight excluding hydrogens is 385 g/mol. The quantitative estimate of drug-likeness (QED) is 0.609. The summed E-state index contributed by atoms with van der Waals surface area (Å²) in [6.07, 6.45) is -0.235. The standard InChI is InChI=1S/C20H17BrFNO2/c1-2-19(20(24)23-18-10-8-15(21)12-17(18)22)25-16-9-7-13-5-3-4-6-14(13)11-16/h3-12,19H,2H2,1H3,(H,23,24). The first kappa shape index (κ1) is 17.4. The number of carbonyl (C=O) groups excluding carboxylic acids is 1. The zero-order chi connectivity index (χ0) is 17.8. The summed E-state index contributed by atoms with van der Waals surface area (Å²) < 4.78 is 20.3. The molecule has 3 aromatic carbocycles. The Hall–Kier alpha value is -2.40. The Morgan fingerprint density at radius 3 is 2.60 bits per heavy atom. The van der Waals surface area contributed by atoms with Gasteiger partial charge in [-0.15, -0.1) is 0 Å². The number of hydrogen-bond donors (Lipinski definition) is 1. The predicted octanol–water partition coefficient (Wildman–Crippen LogP) is 5.54. The smallest absolute Gasteiger partial charge is 0.265 e. The van der Waals surface area contributed by atoms with Crippen molar-refractivity contribution in [2.75, 3.05) is 5.32 Å². The third kappa shape index (κ3) is 4.17. The number of amides is 1. The van der Waals surface area contributed by atoms with Crippen molar-refractivity contribution in [2.24, 2.45) is 0 Å². The van der Waals surface area contributed by atoms with Crippen LogP contribution in [-0.2, 0) is 4.79 Å². The molecule has 0 fully saturated rings. The fourth-order valence-corrected chi connectivity index (χ4v) is 2.86. The van der Waals surface area contributed by atoms with Crippen LogP contribution in [0.25, 0.3) is 10.8 Å². The molecule has 128 valence electrons. The van der Waals surface area contributed by atoms with Crippen molar-refractivity contribution in [3.05, 3.63) is 71.0 Å². The lowest BCUT2D eigenvalue weighted by Crippen LogP contribution is -2.32. The SMILES string of the molecule is CCC(Oc1ccc2ccccc2c1)C(=O)Nc1ccc(Br)cc1F. The maximum Gasteiger partial charge on any atom is 0.265 e. The molecule has 0 heterocycles. The van der Waals surface area contributed by atoms with Crippen LogP contribution in [0.4, 0.5) is 10.1 Å². The molecule has 0 bridgehead atoms. The van der Waals surface area contributed by atoms with Crippen LogP contribution in [0.1, 0.15) is 13.3 Å². The van der Waals surface area contributed by atoms with Crippen LogP contribution in [0.3, 0.4) is 0 Å². The van der Waals surface area contributed by atoms with E-state index in [1.165, 1.54) is 12.1 Å². The van der Waals surface area contributed by atoms with Gasteiger partial charge in [0.25, 0.3) is 5.91 Å². The number of anilines is 1. The summed E-state index contributed by atoms with van der Waals surface area (Å²) >= 11 is 3.19. The molecule has 0 radical (unpaired) electrons. The molecule has 0 saturated carbocycles. The van der Waals surface area contributed by atoms with Crippen LogP contribution >= 0.6 is 15.9 Å². The van der Waals surface area contributed by atoms with E-state index in [9.17, 15) is 9.18 Å². The van der Waals surface area contributed by atoms with E-state index < -0.39 is 11.9 Å². The van der Waals surface area contributed by atoms with Gasteiger partial charge in [-0.25, -0.2) is 4.39 Å². The number of halogens is 2. The van der Waals surface area contributed by atoms with Gasteiger partial charge in [-0.2, -0.15) is 0 Å². The molecule has 0 spiro atoms. The monoisotopic (exact) mass is 401 g/mol. The van der Waals surface area contributed by atoms with Gasteiger partial charge in [0.1, 0.15) is 11.6 Å². The lowest BCUT2D eigenvalue weighted by Gasteiger charge is -2.18. The minimum atomic E-state index is -0.704. The number of nitrogens with one attached hydrogen (secondary N) is 1. The predicted molar refractivity (Wildman–Crippen MR) is 101 cm³/mol. The molecule has 25 heavy (non-hydrogen) atoms. The van der Waals surface area contributed by atoms with E-state index in [1.54, 1.807) is 6.07 Å². The Labute approximate surface area is 153 Å². The topological polar surface area (TPSA) is 38.3 Å². The second-order valence-corrected chi connectivity index (χ2v) is 6.55. The van der Waals surface area contributed by atoms with E-state index in [0.29, 0.717) is 16.6 Å². The summed E-state index contributed by atoms with van der Waals surface area (Å²) in [7, 11) is 0. The Balaban J connectivity index is 1.75. The molecule has 3 aromatic rings. The normalized spacial score (nSPS) is 12.0. The first-order valence-electron chi connectivity index (χ1n) is 7.98. The number of rotatable bonds is 5. The zero-order valence-corrected chi connectivity index (χ0v) is 15.2. The van der Waals surface area contributed by atoms with E-state index in [0.717, 1.165) is 10.8 Å². The molecule has 0 aromatic heterocycles. The summed E-state index contributed by atoms with van der Waals surface area (Å²) in [6, 6.07) is 18.1. The van der Waals surface area contributed by atoms with E-state index >= 15 is 0 Å². The highest BCUT2D eigenvalue weighted by atomic mass is 79.9. The van der Waals surface area contributed by atoms with Gasteiger partial charge >= 0.3 is 0 Å². The highest BCUT2D eigenvalue weighted by Gasteiger charge is 2.20. The van der Waals surface area contributed by atoms with Gasteiger partial charge in [0.05, 0.1) is 5.69 Å². The summed E-state index contributed by atoms with van der Waals surface area (Å²) in [5, 5.41) is 4.72. The summed E-state index contributed by atoms with van der Waals surface area (Å²) in [5.74, 6) is -0.267. The number of carbonyl (C=O) groups is 1. The molecule has 3 nitrogen and oxygen atoms in total. The fraction of sp³-hybridized carbons (Fsp3) is 0.150. The van der Waals surface area contributed by atoms with E-state index in [2.05, 4.69) is 21.2 Å². The molecule has 1 atom stereocenters. The molecular formula is C20H17BrFNO2. The van der Waals surface area contributed by atoms with Crippen molar-refractivity contribution < 1.29 is 13.9 Å². The summed E-state index contributed by atoms with van der Waals surface area (Å²) in [6.45, 7) is 1.85. The lowest BCUT2D eigenvalue weighted by molar-refractivity contribution is -0.122. The van der Waals surface area contributed by atoms with Gasteiger partial charge in [-0.3, -0.25) is 4.79 Å². The Morgan fingerprint density at radius 2 is 1.88 bits per heavy atom. The summed E-state index contributed by atoms with van der Waals surface area (Å²) in [5.41, 5.74) is 0.133. The molecule has 1 amide bonds. The first-order chi connectivity index (χ1) is 12.1. The molecule has 1 N–H and O–H groups in total. The highest BCUT2D eigenvalue weighted by Crippen LogP contribution is 2.23. The van der Waals surface area contributed by atoms with Crippen LogP contribution in [0.15, 0.2) is 65.1 Å². The zero-order valence-electron chi connectivity index (χ0n) is 13.6. The molecule has 0 aliphatic rings. The highest BCUT2D eigenvalue weighted by molar-refractivity contribution is 9.10. The van der Waals surface area contributed by atoms with Crippen molar-refractivity contribution in [1.82, 2.24) is 0 Å². The van der Waals surface area contributed by atoms with Crippen LogP contribution in [0.5, 0.6) is 5.75 Å². The van der Waals surface area contributed by atoms with Crippen molar-refractivity contribution in [2.45, 2.75) is 19.4 Å². The van der Waals surface area contributed by atoms with Crippen LogP contribution in [-0.4, -0.2) is 12.0 Å². The number of fused-ring (bicyclic) bond motifs is 1. The largest absolute Gasteiger partial charge is 0.481 e. The van der Waals surface area contributed by atoms with Gasteiger partial charge in [-0.1, -0.05) is 53.2 Å². The van der Waals surface area contributed by atoms with Crippen molar-refractivity contribution in [3.63, 3.8) is 0 Å². The van der Waals surface area contributed by atoms with E-state index in [-0.39, 0.29) is 11.6 Å². The lowest BCUT2D eigenvalue weighted by atomic mass is 10.1. The molecule has 1 unspecified atom stereocenters. The number of hydrogen-bond acceptors (Lipinski definition) is 2. The van der Waals surface area contributed by atoms with E-state index in [1.807, 2.05) is 49.4 Å². The number of benzene rings is 3. The van der Waals surface area contributed by atoms with Crippen LogP contribution < -0.4 is 10.1 Å². The molecule has 0 aliphatic carbocycles. The average Bonchev–Trinajstić information content (AvgIpc) is 2.61. The van der Waals surface area contributed by atoms with Gasteiger partial charge in [0.15, 0.2) is 6.10 Å². The Kier molecular flexibility index (Phi) is 5.34. The molecule has 5 heteroatoms. The van der Waals surface area contributed by atoms with Gasteiger partial charge in [-0.05, 0) is 47.5 Å².